The Morgan fingerprint density at radius 1 is 1.00 bits per heavy atom. The lowest BCUT2D eigenvalue weighted by atomic mass is 9.84. The maximum atomic E-state index is 12.7. The van der Waals surface area contributed by atoms with E-state index in [2.05, 4.69) is 32.9 Å². The van der Waals surface area contributed by atoms with Crippen molar-refractivity contribution >= 4 is 11.8 Å². The molecular formula is C22H32N2O3. The van der Waals surface area contributed by atoms with Crippen LogP contribution >= 0.6 is 0 Å². The van der Waals surface area contributed by atoms with Crippen molar-refractivity contribution in [3.05, 3.63) is 29.8 Å². The molecule has 0 bridgehead atoms. The third kappa shape index (κ3) is 4.63. The van der Waals surface area contributed by atoms with Crippen LogP contribution in [0.15, 0.2) is 24.3 Å². The van der Waals surface area contributed by atoms with Gasteiger partial charge >= 0.3 is 0 Å². The third-order valence-corrected chi connectivity index (χ3v) is 5.74. The molecule has 0 aromatic heterocycles. The maximum absolute atomic E-state index is 12.7. The molecule has 5 nitrogen and oxygen atoms in total. The summed E-state index contributed by atoms with van der Waals surface area (Å²) in [5.74, 6) is 1.20. The van der Waals surface area contributed by atoms with Gasteiger partial charge in [-0.15, -0.1) is 0 Å². The molecule has 0 radical (unpaired) electrons. The Hall–Kier alpha value is -2.04. The summed E-state index contributed by atoms with van der Waals surface area (Å²) in [6, 6.07) is 7.97. The van der Waals surface area contributed by atoms with Crippen molar-refractivity contribution in [3.63, 3.8) is 0 Å². The van der Waals surface area contributed by atoms with Gasteiger partial charge in [0.25, 0.3) is 5.91 Å². The molecule has 27 heavy (non-hydrogen) atoms. The second-order valence-electron chi connectivity index (χ2n) is 8.81. The van der Waals surface area contributed by atoms with Crippen LogP contribution in [0.2, 0.25) is 0 Å². The van der Waals surface area contributed by atoms with E-state index in [1.165, 1.54) is 12.0 Å². The van der Waals surface area contributed by atoms with Gasteiger partial charge in [0.15, 0.2) is 6.10 Å². The van der Waals surface area contributed by atoms with Crippen LogP contribution in [0.3, 0.4) is 0 Å². The van der Waals surface area contributed by atoms with Crippen LogP contribution in [-0.4, -0.2) is 53.9 Å². The van der Waals surface area contributed by atoms with Crippen LogP contribution in [0.4, 0.5) is 0 Å². The highest BCUT2D eigenvalue weighted by atomic mass is 16.5. The zero-order chi connectivity index (χ0) is 19.6. The highest BCUT2D eigenvalue weighted by Gasteiger charge is 2.33. The molecule has 1 aromatic carbocycles. The molecule has 1 unspecified atom stereocenters. The van der Waals surface area contributed by atoms with Gasteiger partial charge in [-0.1, -0.05) is 39.3 Å². The lowest BCUT2D eigenvalue weighted by Gasteiger charge is -2.38. The first-order valence-electron chi connectivity index (χ1n) is 10.1. The first-order valence-corrected chi connectivity index (χ1v) is 10.1. The molecule has 2 amide bonds. The summed E-state index contributed by atoms with van der Waals surface area (Å²) in [5.41, 5.74) is 1.33. The molecular weight excluding hydrogens is 340 g/mol. The van der Waals surface area contributed by atoms with E-state index >= 15 is 0 Å². The molecule has 1 aliphatic heterocycles. The number of rotatable bonds is 4. The Morgan fingerprint density at radius 3 is 2.04 bits per heavy atom. The van der Waals surface area contributed by atoms with Crippen molar-refractivity contribution < 1.29 is 14.3 Å². The maximum Gasteiger partial charge on any atom is 0.263 e. The van der Waals surface area contributed by atoms with Crippen molar-refractivity contribution in [1.82, 2.24) is 9.80 Å². The number of ether oxygens (including phenoxy) is 1. The molecule has 1 atom stereocenters. The zero-order valence-electron chi connectivity index (χ0n) is 17.0. The topological polar surface area (TPSA) is 49.9 Å². The summed E-state index contributed by atoms with van der Waals surface area (Å²) >= 11 is 0. The third-order valence-electron chi connectivity index (χ3n) is 5.74. The standard InChI is InChI=1S/C22H32N2O3/c1-16(27-19-10-8-18(9-11-19)22(2,3)4)20(25)23-12-14-24(15-13-23)21(26)17-6-5-7-17/h8-11,16-17H,5-7,12-15H2,1-4H3. The molecule has 2 fully saturated rings. The van der Waals surface area contributed by atoms with E-state index in [0.29, 0.717) is 31.9 Å². The fraction of sp³-hybridized carbons (Fsp3) is 0.636. The summed E-state index contributed by atoms with van der Waals surface area (Å²) in [7, 11) is 0. The van der Waals surface area contributed by atoms with Gasteiger partial charge in [0, 0.05) is 32.1 Å². The van der Waals surface area contributed by atoms with E-state index < -0.39 is 6.10 Å². The van der Waals surface area contributed by atoms with E-state index in [9.17, 15) is 9.59 Å². The van der Waals surface area contributed by atoms with Gasteiger partial charge in [0.2, 0.25) is 5.91 Å². The average Bonchev–Trinajstić information content (AvgIpc) is 2.59. The fourth-order valence-electron chi connectivity index (χ4n) is 3.61. The second kappa shape index (κ2) is 7.91. The summed E-state index contributed by atoms with van der Waals surface area (Å²) in [6.45, 7) is 10.8. The van der Waals surface area contributed by atoms with Crippen molar-refractivity contribution in [1.29, 1.82) is 0 Å². The molecule has 0 spiro atoms. The minimum atomic E-state index is -0.528. The highest BCUT2D eigenvalue weighted by molar-refractivity contribution is 5.82. The summed E-state index contributed by atoms with van der Waals surface area (Å²) in [6.07, 6.45) is 2.69. The number of carbonyl (C=O) groups excluding carboxylic acids is 2. The number of carbonyl (C=O) groups is 2. The number of hydrogen-bond donors (Lipinski definition) is 0. The van der Waals surface area contributed by atoms with E-state index in [-0.39, 0.29) is 23.1 Å². The highest BCUT2D eigenvalue weighted by Crippen LogP contribution is 2.29. The van der Waals surface area contributed by atoms with Crippen LogP contribution < -0.4 is 4.74 Å². The first-order chi connectivity index (χ1) is 12.8. The van der Waals surface area contributed by atoms with E-state index in [1.807, 2.05) is 21.9 Å². The van der Waals surface area contributed by atoms with Gasteiger partial charge in [-0.25, -0.2) is 0 Å². The SMILES string of the molecule is CC(Oc1ccc(C(C)(C)C)cc1)C(=O)N1CCN(C(=O)C2CCC2)CC1. The smallest absolute Gasteiger partial charge is 0.263 e. The predicted molar refractivity (Wildman–Crippen MR) is 106 cm³/mol. The minimum absolute atomic E-state index is 0.00867. The number of hydrogen-bond acceptors (Lipinski definition) is 3. The van der Waals surface area contributed by atoms with Gasteiger partial charge in [-0.3, -0.25) is 9.59 Å². The Kier molecular flexibility index (Phi) is 5.78. The van der Waals surface area contributed by atoms with E-state index in [4.69, 9.17) is 4.74 Å². The predicted octanol–water partition coefficient (Wildman–Crippen LogP) is 3.22. The molecule has 1 heterocycles. The van der Waals surface area contributed by atoms with Crippen LogP contribution in [-0.2, 0) is 15.0 Å². The fourth-order valence-corrected chi connectivity index (χ4v) is 3.61. The molecule has 2 aliphatic rings. The molecule has 1 aromatic rings. The molecule has 148 valence electrons. The minimum Gasteiger partial charge on any atom is -0.481 e. The number of benzene rings is 1. The Morgan fingerprint density at radius 2 is 1.56 bits per heavy atom. The molecule has 1 saturated carbocycles. The van der Waals surface area contributed by atoms with Gasteiger partial charge in [-0.05, 0) is 42.9 Å². The average molecular weight is 373 g/mol. The summed E-state index contributed by atoms with van der Waals surface area (Å²) in [5, 5.41) is 0. The largest absolute Gasteiger partial charge is 0.481 e. The Bertz CT molecular complexity index is 666. The molecule has 0 N–H and O–H groups in total. The van der Waals surface area contributed by atoms with Gasteiger partial charge in [-0.2, -0.15) is 0 Å². The number of piperazine rings is 1. The van der Waals surface area contributed by atoms with Crippen LogP contribution in [0, 0.1) is 5.92 Å². The number of amides is 2. The molecule has 3 rings (SSSR count). The van der Waals surface area contributed by atoms with Crippen LogP contribution in [0.1, 0.15) is 52.5 Å². The van der Waals surface area contributed by atoms with Crippen molar-refractivity contribution in [2.75, 3.05) is 26.2 Å². The normalized spacial score (nSPS) is 19.4. The monoisotopic (exact) mass is 372 g/mol. The van der Waals surface area contributed by atoms with Crippen molar-refractivity contribution in [2.24, 2.45) is 5.92 Å². The van der Waals surface area contributed by atoms with Crippen LogP contribution in [0.25, 0.3) is 0 Å². The van der Waals surface area contributed by atoms with Crippen molar-refractivity contribution in [2.45, 2.75) is 58.5 Å². The summed E-state index contributed by atoms with van der Waals surface area (Å²) < 4.78 is 5.86. The Labute approximate surface area is 162 Å². The first kappa shape index (κ1) is 19.7. The lowest BCUT2D eigenvalue weighted by molar-refractivity contribution is -0.146. The molecule has 1 aliphatic carbocycles. The lowest BCUT2D eigenvalue weighted by Crippen LogP contribution is -2.54. The van der Waals surface area contributed by atoms with Gasteiger partial charge in [0.1, 0.15) is 5.75 Å². The molecule has 1 saturated heterocycles. The Balaban J connectivity index is 1.50. The zero-order valence-corrected chi connectivity index (χ0v) is 17.0. The van der Waals surface area contributed by atoms with Crippen LogP contribution in [0.5, 0.6) is 5.75 Å². The van der Waals surface area contributed by atoms with E-state index in [1.54, 1.807) is 6.92 Å². The molecule has 5 heteroatoms. The summed E-state index contributed by atoms with van der Waals surface area (Å²) in [4.78, 5) is 28.8. The van der Waals surface area contributed by atoms with Gasteiger partial charge < -0.3 is 14.5 Å². The second-order valence-corrected chi connectivity index (χ2v) is 8.81. The quantitative estimate of drug-likeness (QED) is 0.815. The van der Waals surface area contributed by atoms with Gasteiger partial charge in [0.05, 0.1) is 0 Å². The number of nitrogens with zero attached hydrogens (tertiary/aromatic N) is 2. The van der Waals surface area contributed by atoms with Crippen molar-refractivity contribution in [3.8, 4) is 5.75 Å². The van der Waals surface area contributed by atoms with E-state index in [0.717, 1.165) is 12.8 Å².